The summed E-state index contributed by atoms with van der Waals surface area (Å²) in [6, 6.07) is 15.4. The van der Waals surface area contributed by atoms with E-state index in [1.807, 2.05) is 6.07 Å². The molecule has 118 valence electrons. The Morgan fingerprint density at radius 2 is 1.43 bits per heavy atom. The van der Waals surface area contributed by atoms with Crippen LogP contribution in [-0.4, -0.2) is 24.0 Å². The third kappa shape index (κ3) is 4.79. The monoisotopic (exact) mass is 328 g/mol. The van der Waals surface area contributed by atoms with Crippen molar-refractivity contribution in [1.29, 1.82) is 0 Å². The molecular weight excluding hydrogens is 312 g/mol. The summed E-state index contributed by atoms with van der Waals surface area (Å²) >= 11 is 4.85. The summed E-state index contributed by atoms with van der Waals surface area (Å²) < 4.78 is 0. The first kappa shape index (κ1) is 16.4. The SMILES string of the molecule is CNC(=S)NNC(=O)c1ccc(NC(=O)c2ccccc2)cc1. The van der Waals surface area contributed by atoms with Crippen molar-refractivity contribution in [2.24, 2.45) is 0 Å². The molecular formula is C16H16N4O2S. The van der Waals surface area contributed by atoms with Crippen LogP contribution < -0.4 is 21.5 Å². The van der Waals surface area contributed by atoms with Crippen LogP contribution in [0.4, 0.5) is 5.69 Å². The summed E-state index contributed by atoms with van der Waals surface area (Å²) in [5, 5.41) is 5.75. The normalized spacial score (nSPS) is 9.61. The fourth-order valence-corrected chi connectivity index (χ4v) is 1.80. The number of anilines is 1. The van der Waals surface area contributed by atoms with Crippen LogP contribution in [0.3, 0.4) is 0 Å². The van der Waals surface area contributed by atoms with Crippen LogP contribution in [0.15, 0.2) is 54.6 Å². The molecule has 0 aliphatic heterocycles. The highest BCUT2D eigenvalue weighted by Gasteiger charge is 2.08. The largest absolute Gasteiger partial charge is 0.364 e. The van der Waals surface area contributed by atoms with E-state index in [1.165, 1.54) is 0 Å². The minimum Gasteiger partial charge on any atom is -0.364 e. The standard InChI is InChI=1S/C16H16N4O2S/c1-17-16(23)20-19-15(22)12-7-9-13(10-8-12)18-14(21)11-5-3-2-4-6-11/h2-10H,1H3,(H,18,21)(H,19,22)(H2,17,20,23). The molecule has 0 saturated carbocycles. The van der Waals surface area contributed by atoms with E-state index < -0.39 is 0 Å². The van der Waals surface area contributed by atoms with Crippen LogP contribution in [0.25, 0.3) is 0 Å². The smallest absolute Gasteiger partial charge is 0.269 e. The zero-order valence-corrected chi connectivity index (χ0v) is 13.2. The summed E-state index contributed by atoms with van der Waals surface area (Å²) in [5.74, 6) is -0.535. The molecule has 0 fully saturated rings. The van der Waals surface area contributed by atoms with E-state index >= 15 is 0 Å². The molecule has 2 aromatic carbocycles. The van der Waals surface area contributed by atoms with Gasteiger partial charge in [0.1, 0.15) is 0 Å². The molecule has 7 heteroatoms. The highest BCUT2D eigenvalue weighted by atomic mass is 32.1. The molecule has 23 heavy (non-hydrogen) atoms. The molecule has 2 rings (SSSR count). The van der Waals surface area contributed by atoms with Gasteiger partial charge in [-0.1, -0.05) is 18.2 Å². The van der Waals surface area contributed by atoms with Crippen molar-refractivity contribution in [2.75, 3.05) is 12.4 Å². The van der Waals surface area contributed by atoms with E-state index in [0.29, 0.717) is 21.9 Å². The van der Waals surface area contributed by atoms with Crippen LogP contribution in [-0.2, 0) is 0 Å². The Bertz CT molecular complexity index is 702. The summed E-state index contributed by atoms with van der Waals surface area (Å²) in [6.07, 6.45) is 0. The van der Waals surface area contributed by atoms with Gasteiger partial charge in [0, 0.05) is 23.9 Å². The average Bonchev–Trinajstić information content (AvgIpc) is 2.60. The van der Waals surface area contributed by atoms with Gasteiger partial charge >= 0.3 is 0 Å². The third-order valence-electron chi connectivity index (χ3n) is 2.96. The predicted octanol–water partition coefficient (Wildman–Crippen LogP) is 1.68. The lowest BCUT2D eigenvalue weighted by Gasteiger charge is -2.09. The van der Waals surface area contributed by atoms with Crippen LogP contribution in [0.1, 0.15) is 20.7 Å². The molecule has 0 aliphatic carbocycles. The summed E-state index contributed by atoms with van der Waals surface area (Å²) in [5.41, 5.74) is 6.62. The second-order valence-corrected chi connectivity index (χ2v) is 4.96. The van der Waals surface area contributed by atoms with Gasteiger partial charge in [-0.2, -0.15) is 0 Å². The van der Waals surface area contributed by atoms with Gasteiger partial charge in [-0.15, -0.1) is 0 Å². The van der Waals surface area contributed by atoms with Crippen LogP contribution in [0.5, 0.6) is 0 Å². The van der Waals surface area contributed by atoms with Crippen LogP contribution >= 0.6 is 12.2 Å². The quantitative estimate of drug-likeness (QED) is 0.509. The van der Waals surface area contributed by atoms with Crippen molar-refractivity contribution in [3.63, 3.8) is 0 Å². The summed E-state index contributed by atoms with van der Waals surface area (Å²) in [6.45, 7) is 0. The minimum absolute atomic E-state index is 0.205. The Morgan fingerprint density at radius 3 is 2.04 bits per heavy atom. The van der Waals surface area contributed by atoms with Gasteiger partial charge in [0.2, 0.25) is 0 Å². The number of carbonyl (C=O) groups is 2. The number of nitrogens with one attached hydrogen (secondary N) is 4. The third-order valence-corrected chi connectivity index (χ3v) is 3.26. The Labute approximate surface area is 139 Å². The van der Waals surface area contributed by atoms with E-state index in [1.54, 1.807) is 55.6 Å². The number of hydrogen-bond donors (Lipinski definition) is 4. The number of hydrogen-bond acceptors (Lipinski definition) is 3. The van der Waals surface area contributed by atoms with Crippen molar-refractivity contribution in [3.05, 3.63) is 65.7 Å². The Kier molecular flexibility index (Phi) is 5.65. The molecule has 2 amide bonds. The van der Waals surface area contributed by atoms with E-state index in [2.05, 4.69) is 21.5 Å². The second-order valence-electron chi connectivity index (χ2n) is 4.56. The number of hydrazine groups is 1. The zero-order valence-electron chi connectivity index (χ0n) is 12.4. The lowest BCUT2D eigenvalue weighted by molar-refractivity contribution is 0.0943. The van der Waals surface area contributed by atoms with Gasteiger partial charge in [0.05, 0.1) is 0 Å². The predicted molar refractivity (Wildman–Crippen MR) is 93.1 cm³/mol. The lowest BCUT2D eigenvalue weighted by atomic mass is 10.2. The van der Waals surface area contributed by atoms with Crippen LogP contribution in [0.2, 0.25) is 0 Å². The molecule has 0 unspecified atom stereocenters. The maximum Gasteiger partial charge on any atom is 0.269 e. The lowest BCUT2D eigenvalue weighted by Crippen LogP contribution is -2.45. The molecule has 2 aromatic rings. The van der Waals surface area contributed by atoms with Crippen molar-refractivity contribution >= 4 is 34.8 Å². The molecule has 0 atom stereocenters. The van der Waals surface area contributed by atoms with Gasteiger partial charge in [-0.3, -0.25) is 20.4 Å². The van der Waals surface area contributed by atoms with Crippen molar-refractivity contribution < 1.29 is 9.59 Å². The maximum atomic E-state index is 12.0. The van der Waals surface area contributed by atoms with Gasteiger partial charge in [0.15, 0.2) is 5.11 Å². The van der Waals surface area contributed by atoms with E-state index in [4.69, 9.17) is 12.2 Å². The fourth-order valence-electron chi connectivity index (χ4n) is 1.75. The molecule has 4 N–H and O–H groups in total. The molecule has 0 heterocycles. The molecule has 0 spiro atoms. The highest BCUT2D eigenvalue weighted by molar-refractivity contribution is 7.80. The number of carbonyl (C=O) groups excluding carboxylic acids is 2. The molecule has 0 aliphatic rings. The highest BCUT2D eigenvalue weighted by Crippen LogP contribution is 2.11. The number of benzene rings is 2. The maximum absolute atomic E-state index is 12.0. The first-order valence-corrected chi connectivity index (χ1v) is 7.25. The van der Waals surface area contributed by atoms with E-state index in [0.717, 1.165) is 0 Å². The fraction of sp³-hybridized carbons (Fsp3) is 0.0625. The number of rotatable bonds is 3. The number of thiocarbonyl (C=S) groups is 1. The summed E-state index contributed by atoms with van der Waals surface area (Å²) in [7, 11) is 1.64. The Morgan fingerprint density at radius 1 is 0.826 bits per heavy atom. The van der Waals surface area contributed by atoms with E-state index in [9.17, 15) is 9.59 Å². The van der Waals surface area contributed by atoms with Crippen molar-refractivity contribution in [3.8, 4) is 0 Å². The zero-order chi connectivity index (χ0) is 16.7. The first-order valence-electron chi connectivity index (χ1n) is 6.84. The van der Waals surface area contributed by atoms with Gasteiger partial charge in [-0.05, 0) is 48.6 Å². The first-order chi connectivity index (χ1) is 11.1. The topological polar surface area (TPSA) is 82.3 Å². The van der Waals surface area contributed by atoms with Gasteiger partial charge in [-0.25, -0.2) is 0 Å². The molecule has 6 nitrogen and oxygen atoms in total. The van der Waals surface area contributed by atoms with Crippen molar-refractivity contribution in [1.82, 2.24) is 16.2 Å². The number of amides is 2. The Hall–Kier alpha value is -2.93. The molecule has 0 aromatic heterocycles. The molecule has 0 saturated heterocycles. The molecule has 0 radical (unpaired) electrons. The van der Waals surface area contributed by atoms with Gasteiger partial charge in [0.25, 0.3) is 11.8 Å². The summed E-state index contributed by atoms with van der Waals surface area (Å²) in [4.78, 5) is 23.9. The molecule has 0 bridgehead atoms. The minimum atomic E-state index is -0.330. The van der Waals surface area contributed by atoms with Crippen LogP contribution in [0, 0.1) is 0 Å². The average molecular weight is 328 g/mol. The van der Waals surface area contributed by atoms with Gasteiger partial charge < -0.3 is 10.6 Å². The second kappa shape index (κ2) is 7.90. The van der Waals surface area contributed by atoms with Crippen molar-refractivity contribution in [2.45, 2.75) is 0 Å². The van der Waals surface area contributed by atoms with E-state index in [-0.39, 0.29) is 11.8 Å². The Balaban J connectivity index is 1.95.